The quantitative estimate of drug-likeness (QED) is 0.825. The summed E-state index contributed by atoms with van der Waals surface area (Å²) in [6.45, 7) is 0. The van der Waals surface area contributed by atoms with Crippen LogP contribution in [0.5, 0.6) is 0 Å². The Morgan fingerprint density at radius 3 is 3.19 bits per heavy atom. The van der Waals surface area contributed by atoms with Crippen molar-refractivity contribution >= 4 is 22.5 Å². The molecule has 0 unspecified atom stereocenters. The number of nitrogens with zero attached hydrogens (tertiary/aromatic N) is 1. The van der Waals surface area contributed by atoms with E-state index in [0.717, 1.165) is 16.6 Å². The van der Waals surface area contributed by atoms with Crippen molar-refractivity contribution in [2.24, 2.45) is 5.92 Å². The van der Waals surface area contributed by atoms with Gasteiger partial charge in [-0.1, -0.05) is 12.1 Å². The van der Waals surface area contributed by atoms with Crippen LogP contribution in [0.15, 0.2) is 24.4 Å². The summed E-state index contributed by atoms with van der Waals surface area (Å²) in [6.07, 6.45) is 4.79. The first-order chi connectivity index (χ1) is 7.83. The van der Waals surface area contributed by atoms with Crippen molar-refractivity contribution in [2.75, 3.05) is 5.32 Å². The second-order valence-electron chi connectivity index (χ2n) is 4.34. The van der Waals surface area contributed by atoms with Gasteiger partial charge in [0.2, 0.25) is 5.91 Å². The van der Waals surface area contributed by atoms with Crippen LogP contribution < -0.4 is 5.32 Å². The number of nitrogens with one attached hydrogen (secondary N) is 2. The Balaban J connectivity index is 1.82. The molecule has 4 nitrogen and oxygen atoms in total. The number of para-hydroxylation sites is 1. The minimum atomic E-state index is 0.101. The highest BCUT2D eigenvalue weighted by molar-refractivity contribution is 6.00. The molecular formula is C12H13N3O. The van der Waals surface area contributed by atoms with E-state index in [4.69, 9.17) is 0 Å². The summed E-state index contributed by atoms with van der Waals surface area (Å²) in [7, 11) is 0. The molecule has 1 fully saturated rings. The van der Waals surface area contributed by atoms with Gasteiger partial charge in [-0.15, -0.1) is 0 Å². The van der Waals surface area contributed by atoms with E-state index in [1.807, 2.05) is 18.2 Å². The van der Waals surface area contributed by atoms with Crippen LogP contribution in [0.25, 0.3) is 10.9 Å². The number of rotatable bonds is 3. The van der Waals surface area contributed by atoms with E-state index in [1.165, 1.54) is 12.8 Å². The summed E-state index contributed by atoms with van der Waals surface area (Å²) >= 11 is 0. The Labute approximate surface area is 93.0 Å². The molecule has 2 N–H and O–H groups in total. The van der Waals surface area contributed by atoms with Crippen molar-refractivity contribution in [1.82, 2.24) is 10.2 Å². The smallest absolute Gasteiger partial charge is 0.224 e. The normalized spacial score (nSPS) is 15.2. The zero-order chi connectivity index (χ0) is 11.0. The van der Waals surface area contributed by atoms with Crippen molar-refractivity contribution in [3.05, 3.63) is 24.4 Å². The fraction of sp³-hybridized carbons (Fsp3) is 0.333. The van der Waals surface area contributed by atoms with Gasteiger partial charge in [0.1, 0.15) is 0 Å². The number of benzene rings is 1. The Morgan fingerprint density at radius 1 is 1.50 bits per heavy atom. The molecular weight excluding hydrogens is 202 g/mol. The Bertz CT molecular complexity index is 528. The minimum absolute atomic E-state index is 0.101. The summed E-state index contributed by atoms with van der Waals surface area (Å²) in [5, 5.41) is 10.8. The van der Waals surface area contributed by atoms with E-state index in [0.29, 0.717) is 12.3 Å². The van der Waals surface area contributed by atoms with E-state index >= 15 is 0 Å². The van der Waals surface area contributed by atoms with E-state index in [-0.39, 0.29) is 5.91 Å². The van der Waals surface area contributed by atoms with Crippen LogP contribution >= 0.6 is 0 Å². The lowest BCUT2D eigenvalue weighted by Crippen LogP contribution is -2.12. The van der Waals surface area contributed by atoms with Gasteiger partial charge in [0.05, 0.1) is 17.4 Å². The van der Waals surface area contributed by atoms with Gasteiger partial charge >= 0.3 is 0 Å². The largest absolute Gasteiger partial charge is 0.324 e. The Kier molecular flexibility index (Phi) is 2.13. The Morgan fingerprint density at radius 2 is 2.38 bits per heavy atom. The number of aromatic nitrogens is 2. The van der Waals surface area contributed by atoms with E-state index in [1.54, 1.807) is 6.20 Å². The number of carbonyl (C=O) groups excluding carboxylic acids is 1. The van der Waals surface area contributed by atoms with Crippen LogP contribution in [0.4, 0.5) is 5.69 Å². The third-order valence-electron chi connectivity index (χ3n) is 2.92. The number of H-pyrrole nitrogens is 1. The lowest BCUT2D eigenvalue weighted by atomic mass is 10.2. The molecule has 0 aliphatic heterocycles. The molecule has 1 aliphatic rings. The van der Waals surface area contributed by atoms with Gasteiger partial charge in [0.25, 0.3) is 0 Å². The van der Waals surface area contributed by atoms with Crippen LogP contribution in [0.2, 0.25) is 0 Å². The van der Waals surface area contributed by atoms with Gasteiger partial charge in [-0.2, -0.15) is 5.10 Å². The van der Waals surface area contributed by atoms with Crippen molar-refractivity contribution in [1.29, 1.82) is 0 Å². The van der Waals surface area contributed by atoms with E-state index in [2.05, 4.69) is 15.5 Å². The highest BCUT2D eigenvalue weighted by Gasteiger charge is 2.24. The summed E-state index contributed by atoms with van der Waals surface area (Å²) in [5.41, 5.74) is 1.72. The van der Waals surface area contributed by atoms with Crippen molar-refractivity contribution in [3.8, 4) is 0 Å². The minimum Gasteiger partial charge on any atom is -0.324 e. The number of hydrogen-bond acceptors (Lipinski definition) is 2. The second kappa shape index (κ2) is 3.63. The first-order valence-electron chi connectivity index (χ1n) is 5.55. The lowest BCUT2D eigenvalue weighted by Gasteiger charge is -2.05. The molecule has 1 aromatic carbocycles. The fourth-order valence-electron chi connectivity index (χ4n) is 1.86. The maximum atomic E-state index is 11.7. The SMILES string of the molecule is O=C(CC1CC1)Nc1cccc2cn[nH]c12. The van der Waals surface area contributed by atoms with Gasteiger partial charge in [-0.05, 0) is 24.8 Å². The summed E-state index contributed by atoms with van der Waals surface area (Å²) in [6, 6.07) is 5.78. The average Bonchev–Trinajstić information content (AvgIpc) is 2.94. The van der Waals surface area contributed by atoms with Gasteiger partial charge in [-0.3, -0.25) is 9.89 Å². The molecule has 1 aromatic heterocycles. The van der Waals surface area contributed by atoms with Crippen molar-refractivity contribution < 1.29 is 4.79 Å². The van der Waals surface area contributed by atoms with Gasteiger partial charge in [-0.25, -0.2) is 0 Å². The number of amides is 1. The predicted octanol–water partition coefficient (Wildman–Crippen LogP) is 2.30. The van der Waals surface area contributed by atoms with E-state index in [9.17, 15) is 4.79 Å². The first-order valence-corrected chi connectivity index (χ1v) is 5.55. The standard InChI is InChI=1S/C12H13N3O/c16-11(6-8-4-5-8)14-10-3-1-2-9-7-13-15-12(9)10/h1-3,7-8H,4-6H2,(H,13,15)(H,14,16). The predicted molar refractivity (Wildman–Crippen MR) is 62.1 cm³/mol. The van der Waals surface area contributed by atoms with Crippen LogP contribution in [0, 0.1) is 5.92 Å². The summed E-state index contributed by atoms with van der Waals surface area (Å²) < 4.78 is 0. The number of hydrogen-bond donors (Lipinski definition) is 2. The van der Waals surface area contributed by atoms with E-state index < -0.39 is 0 Å². The van der Waals surface area contributed by atoms with Gasteiger partial charge in [0, 0.05) is 11.8 Å². The molecule has 1 aliphatic carbocycles. The van der Waals surface area contributed by atoms with Crippen molar-refractivity contribution in [2.45, 2.75) is 19.3 Å². The number of carbonyl (C=O) groups is 1. The molecule has 0 bridgehead atoms. The zero-order valence-electron chi connectivity index (χ0n) is 8.86. The maximum absolute atomic E-state index is 11.7. The molecule has 4 heteroatoms. The lowest BCUT2D eigenvalue weighted by molar-refractivity contribution is -0.116. The third kappa shape index (κ3) is 1.78. The molecule has 1 heterocycles. The molecule has 0 radical (unpaired) electrons. The second-order valence-corrected chi connectivity index (χ2v) is 4.34. The Hall–Kier alpha value is -1.84. The summed E-state index contributed by atoms with van der Waals surface area (Å²) in [4.78, 5) is 11.7. The molecule has 0 atom stereocenters. The highest BCUT2D eigenvalue weighted by atomic mass is 16.1. The monoisotopic (exact) mass is 215 g/mol. The number of fused-ring (bicyclic) bond motifs is 1. The number of anilines is 1. The summed E-state index contributed by atoms with van der Waals surface area (Å²) in [5.74, 6) is 0.713. The van der Waals surface area contributed by atoms with Crippen LogP contribution in [0.1, 0.15) is 19.3 Å². The fourth-order valence-corrected chi connectivity index (χ4v) is 1.86. The van der Waals surface area contributed by atoms with Gasteiger partial charge in [0.15, 0.2) is 0 Å². The molecule has 82 valence electrons. The number of aromatic amines is 1. The zero-order valence-corrected chi connectivity index (χ0v) is 8.86. The molecule has 0 spiro atoms. The van der Waals surface area contributed by atoms with Gasteiger partial charge < -0.3 is 5.32 Å². The first kappa shape index (κ1) is 9.39. The molecule has 16 heavy (non-hydrogen) atoms. The molecule has 0 saturated heterocycles. The topological polar surface area (TPSA) is 57.8 Å². The molecule has 1 saturated carbocycles. The van der Waals surface area contributed by atoms with Crippen LogP contribution in [0.3, 0.4) is 0 Å². The molecule has 2 aromatic rings. The maximum Gasteiger partial charge on any atom is 0.224 e. The molecule has 3 rings (SSSR count). The molecule has 1 amide bonds. The van der Waals surface area contributed by atoms with Crippen LogP contribution in [-0.2, 0) is 4.79 Å². The highest BCUT2D eigenvalue weighted by Crippen LogP contribution is 2.32. The average molecular weight is 215 g/mol. The van der Waals surface area contributed by atoms with Crippen molar-refractivity contribution in [3.63, 3.8) is 0 Å². The van der Waals surface area contributed by atoms with Crippen LogP contribution in [-0.4, -0.2) is 16.1 Å². The third-order valence-corrected chi connectivity index (χ3v) is 2.92.